The molecule has 14 rings (SSSR count). The van der Waals surface area contributed by atoms with E-state index < -0.39 is 35.7 Å². The first kappa shape index (κ1) is 85.0. The highest BCUT2D eigenvalue weighted by atomic mass is 35.5. The number of ether oxygens (including phenoxy) is 2. The number of carbonyl (C=O) groups is 8. The Balaban J connectivity index is 0.000000150. The van der Waals surface area contributed by atoms with Gasteiger partial charge in [0.2, 0.25) is 0 Å². The van der Waals surface area contributed by atoms with Crippen LogP contribution < -0.4 is 29.4 Å². The van der Waals surface area contributed by atoms with Gasteiger partial charge < -0.3 is 29.1 Å². The zero-order chi connectivity index (χ0) is 82.5. The van der Waals surface area contributed by atoms with Crippen molar-refractivity contribution in [2.24, 2.45) is 35.5 Å². The molecular weight excluding hydrogens is 1520 g/mol. The zero-order valence-electron chi connectivity index (χ0n) is 65.6. The van der Waals surface area contributed by atoms with Gasteiger partial charge in [0.15, 0.2) is 11.6 Å². The van der Waals surface area contributed by atoms with Crippen LogP contribution in [0.15, 0.2) is 97.6 Å². The Morgan fingerprint density at radius 2 is 0.798 bits per heavy atom. The molecule has 2 atom stereocenters. The zero-order valence-corrected chi connectivity index (χ0v) is 67.1. The number of ketones is 4. The van der Waals surface area contributed by atoms with Crippen LogP contribution in [-0.4, -0.2) is 118 Å². The molecule has 0 N–H and O–H groups in total. The van der Waals surface area contributed by atoms with Crippen molar-refractivity contribution in [2.45, 2.75) is 208 Å². The average molecular weight is 1610 g/mol. The number of halogens is 8. The molecule has 28 heteroatoms. The maximum atomic E-state index is 14.2. The fraction of sp³-hybridized carbons (Fsp3) is 0.488. The average Bonchev–Trinajstić information content (AvgIpc) is 0.943. The van der Waals surface area contributed by atoms with Crippen LogP contribution in [0.25, 0.3) is 0 Å². The number of benzene rings is 2. The summed E-state index contributed by atoms with van der Waals surface area (Å²) in [5.74, 6) is 12.3. The third-order valence-corrected chi connectivity index (χ3v) is 21.4. The Morgan fingerprint density at radius 1 is 0.456 bits per heavy atom. The molecule has 0 unspecified atom stereocenters. The Kier molecular flexibility index (Phi) is 26.4. The molecule has 4 aliphatic heterocycles. The molecule has 6 aromatic rings. The second-order valence-electron chi connectivity index (χ2n) is 31.2. The van der Waals surface area contributed by atoms with Crippen LogP contribution in [0, 0.1) is 73.0 Å². The quantitative estimate of drug-likeness (QED) is 0.0350. The molecule has 8 aliphatic rings. The number of hydrogen-bond donors (Lipinski definition) is 0. The number of aryl methyl sites for hydroxylation is 2. The van der Waals surface area contributed by atoms with Gasteiger partial charge in [-0.3, -0.25) is 38.6 Å². The van der Waals surface area contributed by atoms with Crippen molar-refractivity contribution >= 4 is 116 Å². The standard InChI is InChI=1S/C23H28N4O2.C22H23ClF3NO3.C21H24N4O2.C20H19ClF3NO3/c1-15(2)19(28)8-4-5-14-26-20-16(3)11-13-25-22(20)27(17-9-10-17)21-18(23(26)29)7-6-12-24-21;1-14(2)19(28)5-3-4-12-27-18-9-8-16(23)13-17(18)21(22(24,25)26,30-20(27)29)11-10-15-6-7-15;1-13(2)17(26)9-12-24-18-14(3)8-11-23-20(18)25(15-6-7-15)19-16(21(24)27)5-4-10-22-19;1-12(2)17(26)8-10-25-16-6-5-14(21)11-15(16)19(20(22,23)24,28-18(25)27)9-7-13-3-4-13/h6-7,11-13,15,17H,4-5,8-10,14H2,1-3H3;8-9,13-15H,3-7,12H2,1-2H3;4-5,8,10-11,13,15H,6-7,9,12H2,1-3H3;5-6,11-13H,3-4,8,10H2,1-2H3/t;21-;;19-/m.0.0/s1. The molecule has 4 aromatic heterocycles. The summed E-state index contributed by atoms with van der Waals surface area (Å²) in [4.78, 5) is 128. The predicted octanol–water partition coefficient (Wildman–Crippen LogP) is 19.0. The van der Waals surface area contributed by atoms with Gasteiger partial charge >= 0.3 is 24.5 Å². The normalized spacial score (nSPS) is 18.8. The minimum Gasteiger partial charge on any atom is -0.415 e. The molecule has 8 heterocycles. The first-order chi connectivity index (χ1) is 54.1. The number of unbranched alkanes of at least 4 members (excludes halogenated alkanes) is 2. The largest absolute Gasteiger partial charge is 0.445 e. The van der Waals surface area contributed by atoms with E-state index in [-0.39, 0.29) is 123 Å². The molecule has 114 heavy (non-hydrogen) atoms. The molecule has 0 bridgehead atoms. The minimum atomic E-state index is -4.95. The number of aromatic nitrogens is 4. The number of pyridine rings is 4. The molecule has 604 valence electrons. The highest BCUT2D eigenvalue weighted by molar-refractivity contribution is 6.31. The monoisotopic (exact) mass is 1610 g/mol. The van der Waals surface area contributed by atoms with E-state index in [2.05, 4.69) is 53.4 Å². The number of rotatable bonds is 22. The van der Waals surface area contributed by atoms with Crippen LogP contribution in [0.3, 0.4) is 0 Å². The van der Waals surface area contributed by atoms with Crippen molar-refractivity contribution in [3.63, 3.8) is 0 Å². The van der Waals surface area contributed by atoms with E-state index in [0.717, 1.165) is 120 Å². The van der Waals surface area contributed by atoms with Crippen molar-refractivity contribution < 1.29 is 74.2 Å². The number of fused-ring (bicyclic) bond motifs is 6. The fourth-order valence-electron chi connectivity index (χ4n) is 13.6. The third-order valence-electron chi connectivity index (χ3n) is 20.9. The van der Waals surface area contributed by atoms with Gasteiger partial charge in [-0.25, -0.2) is 29.5 Å². The summed E-state index contributed by atoms with van der Waals surface area (Å²) < 4.78 is 94.7. The van der Waals surface area contributed by atoms with Gasteiger partial charge in [0.05, 0.1) is 33.9 Å². The van der Waals surface area contributed by atoms with Gasteiger partial charge in [-0.2, -0.15) is 26.3 Å². The van der Waals surface area contributed by atoms with Gasteiger partial charge in [-0.15, -0.1) is 0 Å². The first-order valence-corrected chi connectivity index (χ1v) is 39.8. The molecule has 2 aromatic carbocycles. The first-order valence-electron chi connectivity index (χ1n) is 39.0. The summed E-state index contributed by atoms with van der Waals surface area (Å²) >= 11 is 11.9. The lowest BCUT2D eigenvalue weighted by Gasteiger charge is -2.40. The topological polar surface area (TPSA) is 226 Å². The number of Topliss-reactive ketones (excluding diaryl/α,β-unsaturated/α-hetero) is 4. The second kappa shape index (κ2) is 35.4. The van der Waals surface area contributed by atoms with E-state index in [0.29, 0.717) is 80.0 Å². The molecule has 20 nitrogen and oxygen atoms in total. The number of alkyl halides is 6. The summed E-state index contributed by atoms with van der Waals surface area (Å²) in [5, 5.41) is 0.160. The fourth-order valence-corrected chi connectivity index (χ4v) is 13.9. The van der Waals surface area contributed by atoms with Gasteiger partial charge in [0, 0.05) is 145 Å². The SMILES string of the molecule is CC(C)C(=O)CCCCN1C(=O)O[C@](C#CC2CC2)(C(F)(F)F)c2cc(Cl)ccc21.CC(C)C(=O)CCN1C(=O)O[C@](C#CC2CC2)(C(F)(F)F)c2cc(Cl)ccc21.Cc1ccnc2c1N(CCC(=O)C(C)C)C(=O)c1cccnc1N2C1CC1.Cc1ccnc2c1N(CCCCC(=O)C(C)C)C(=O)c1cccnc1N2C1CC1. The van der Waals surface area contributed by atoms with E-state index in [9.17, 15) is 64.7 Å². The summed E-state index contributed by atoms with van der Waals surface area (Å²) in [6.07, 6.45) is 5.83. The number of cyclic esters (lactones) is 2. The van der Waals surface area contributed by atoms with Crippen LogP contribution in [0.2, 0.25) is 10.0 Å². The molecule has 4 fully saturated rings. The minimum absolute atomic E-state index is 0.000344. The van der Waals surface area contributed by atoms with E-state index in [1.54, 1.807) is 49.6 Å². The number of anilines is 8. The van der Waals surface area contributed by atoms with Gasteiger partial charge in [0.25, 0.3) is 23.0 Å². The van der Waals surface area contributed by atoms with Crippen molar-refractivity contribution in [3.05, 3.63) is 141 Å². The third kappa shape index (κ3) is 19.0. The molecule has 4 aliphatic carbocycles. The Labute approximate surface area is 670 Å². The highest BCUT2D eigenvalue weighted by Gasteiger charge is 2.65. The lowest BCUT2D eigenvalue weighted by Crippen LogP contribution is -2.53. The van der Waals surface area contributed by atoms with Crippen molar-refractivity contribution in [1.82, 2.24) is 19.9 Å². The van der Waals surface area contributed by atoms with Gasteiger partial charge in [0.1, 0.15) is 34.8 Å². The molecule has 0 spiro atoms. The molecular formula is C86H94Cl2F6N10O10. The Hall–Kier alpha value is -9.92. The van der Waals surface area contributed by atoms with Crippen LogP contribution >= 0.6 is 23.2 Å². The molecule has 0 saturated heterocycles. The summed E-state index contributed by atoms with van der Waals surface area (Å²) in [6.45, 7) is 19.7. The van der Waals surface area contributed by atoms with Crippen LogP contribution in [0.5, 0.6) is 0 Å². The molecule has 4 amide bonds. The van der Waals surface area contributed by atoms with E-state index in [1.165, 1.54) is 24.3 Å². The lowest BCUT2D eigenvalue weighted by molar-refractivity contribution is -0.240. The summed E-state index contributed by atoms with van der Waals surface area (Å²) in [7, 11) is 0. The number of nitrogens with zero attached hydrogens (tertiary/aromatic N) is 10. The smallest absolute Gasteiger partial charge is 0.415 e. The Bertz CT molecular complexity index is 4800. The highest BCUT2D eigenvalue weighted by Crippen LogP contribution is 2.53. The summed E-state index contributed by atoms with van der Waals surface area (Å²) in [5.41, 5.74) is -1.81. The van der Waals surface area contributed by atoms with E-state index >= 15 is 0 Å². The number of hydrogen-bond acceptors (Lipinski definition) is 16. The van der Waals surface area contributed by atoms with Crippen LogP contribution in [-0.2, 0) is 39.9 Å². The van der Waals surface area contributed by atoms with Crippen molar-refractivity contribution in [2.75, 3.05) is 55.6 Å². The van der Waals surface area contributed by atoms with Crippen molar-refractivity contribution in [3.8, 4) is 23.7 Å². The van der Waals surface area contributed by atoms with Crippen LogP contribution in [0.1, 0.15) is 201 Å². The maximum absolute atomic E-state index is 14.2. The van der Waals surface area contributed by atoms with Gasteiger partial charge in [-0.05, 0) is 187 Å². The lowest BCUT2D eigenvalue weighted by atomic mass is 9.89. The van der Waals surface area contributed by atoms with Crippen molar-refractivity contribution in [1.29, 1.82) is 0 Å². The second-order valence-corrected chi connectivity index (χ2v) is 32.0. The van der Waals surface area contributed by atoms with E-state index in [4.69, 9.17) is 32.7 Å². The van der Waals surface area contributed by atoms with E-state index in [1.807, 2.05) is 90.6 Å². The maximum Gasteiger partial charge on any atom is 0.445 e. The summed E-state index contributed by atoms with van der Waals surface area (Å²) in [6, 6.07) is 19.6. The van der Waals surface area contributed by atoms with Gasteiger partial charge in [-0.1, -0.05) is 90.4 Å². The predicted molar refractivity (Wildman–Crippen MR) is 423 cm³/mol. The number of amides is 4. The number of carbonyl (C=O) groups excluding carboxylic acids is 8. The molecule has 0 radical (unpaired) electrons. The molecule has 4 saturated carbocycles. The Morgan fingerprint density at radius 3 is 1.16 bits per heavy atom. The van der Waals surface area contributed by atoms with Crippen LogP contribution in [0.4, 0.5) is 82.0 Å².